The predicted octanol–water partition coefficient (Wildman–Crippen LogP) is 3.74. The molecule has 0 heterocycles. The standard InChI is InChI=1S/C14H10ClF2NO/c1-7-3-2-4-12(18)13(7)14(19)8-5-10(16)11(17)6-9(8)15/h2-6H,18H2,1H3. The maximum atomic E-state index is 13.2. The first-order chi connectivity index (χ1) is 8.91. The first-order valence-electron chi connectivity index (χ1n) is 5.46. The minimum atomic E-state index is -1.13. The molecule has 2 nitrogen and oxygen atoms in total. The number of anilines is 1. The highest BCUT2D eigenvalue weighted by atomic mass is 35.5. The Kier molecular flexibility index (Phi) is 3.53. The van der Waals surface area contributed by atoms with Crippen molar-refractivity contribution in [3.8, 4) is 0 Å². The van der Waals surface area contributed by atoms with Crippen molar-refractivity contribution in [2.75, 3.05) is 5.73 Å². The zero-order valence-electron chi connectivity index (χ0n) is 10.0. The fourth-order valence-corrected chi connectivity index (χ4v) is 2.07. The third kappa shape index (κ3) is 2.44. The maximum Gasteiger partial charge on any atom is 0.196 e. The average molecular weight is 282 g/mol. The van der Waals surface area contributed by atoms with Gasteiger partial charge in [-0.05, 0) is 30.7 Å². The summed E-state index contributed by atoms with van der Waals surface area (Å²) >= 11 is 5.78. The summed E-state index contributed by atoms with van der Waals surface area (Å²) in [5.41, 5.74) is 6.80. The Morgan fingerprint density at radius 1 is 1.21 bits per heavy atom. The zero-order chi connectivity index (χ0) is 14.2. The Bertz CT molecular complexity index is 650. The van der Waals surface area contributed by atoms with Crippen LogP contribution in [0.2, 0.25) is 5.02 Å². The van der Waals surface area contributed by atoms with Crippen LogP contribution in [0.1, 0.15) is 21.5 Å². The maximum absolute atomic E-state index is 13.2. The summed E-state index contributed by atoms with van der Waals surface area (Å²) < 4.78 is 26.2. The largest absolute Gasteiger partial charge is 0.398 e. The average Bonchev–Trinajstić information content (AvgIpc) is 2.33. The van der Waals surface area contributed by atoms with Gasteiger partial charge < -0.3 is 5.73 Å². The molecule has 2 N–H and O–H groups in total. The van der Waals surface area contributed by atoms with E-state index in [9.17, 15) is 13.6 Å². The lowest BCUT2D eigenvalue weighted by Crippen LogP contribution is -2.09. The highest BCUT2D eigenvalue weighted by molar-refractivity contribution is 6.35. The van der Waals surface area contributed by atoms with E-state index in [1.54, 1.807) is 25.1 Å². The van der Waals surface area contributed by atoms with Crippen LogP contribution >= 0.6 is 11.6 Å². The third-order valence-corrected chi connectivity index (χ3v) is 3.10. The summed E-state index contributed by atoms with van der Waals surface area (Å²) in [6.07, 6.45) is 0. The van der Waals surface area contributed by atoms with Gasteiger partial charge in [-0.3, -0.25) is 4.79 Å². The first kappa shape index (κ1) is 13.5. The van der Waals surface area contributed by atoms with Crippen LogP contribution in [0.15, 0.2) is 30.3 Å². The van der Waals surface area contributed by atoms with Crippen LogP contribution in [-0.2, 0) is 0 Å². The molecule has 0 radical (unpaired) electrons. The van der Waals surface area contributed by atoms with E-state index >= 15 is 0 Å². The molecular formula is C14H10ClF2NO. The number of hydrogen-bond donors (Lipinski definition) is 1. The van der Waals surface area contributed by atoms with Gasteiger partial charge in [0.15, 0.2) is 17.4 Å². The molecule has 0 aromatic heterocycles. The van der Waals surface area contributed by atoms with Crippen molar-refractivity contribution in [2.24, 2.45) is 0 Å². The quantitative estimate of drug-likeness (QED) is 0.518. The monoisotopic (exact) mass is 281 g/mol. The number of nitrogens with two attached hydrogens (primary N) is 1. The van der Waals surface area contributed by atoms with Crippen LogP contribution in [0.4, 0.5) is 14.5 Å². The SMILES string of the molecule is Cc1cccc(N)c1C(=O)c1cc(F)c(F)cc1Cl. The first-order valence-corrected chi connectivity index (χ1v) is 5.84. The van der Waals surface area contributed by atoms with Crippen molar-refractivity contribution in [1.29, 1.82) is 0 Å². The van der Waals surface area contributed by atoms with Crippen molar-refractivity contribution < 1.29 is 13.6 Å². The Morgan fingerprint density at radius 3 is 2.47 bits per heavy atom. The van der Waals surface area contributed by atoms with Gasteiger partial charge in [-0.1, -0.05) is 23.7 Å². The van der Waals surface area contributed by atoms with Crippen LogP contribution in [0.25, 0.3) is 0 Å². The third-order valence-electron chi connectivity index (χ3n) is 2.79. The smallest absolute Gasteiger partial charge is 0.196 e. The van der Waals surface area contributed by atoms with E-state index in [2.05, 4.69) is 0 Å². The van der Waals surface area contributed by atoms with Crippen LogP contribution in [0.5, 0.6) is 0 Å². The molecule has 98 valence electrons. The topological polar surface area (TPSA) is 43.1 Å². The lowest BCUT2D eigenvalue weighted by atomic mass is 9.97. The number of benzene rings is 2. The molecule has 0 unspecified atom stereocenters. The molecule has 0 aliphatic rings. The molecule has 2 aromatic carbocycles. The molecule has 5 heteroatoms. The summed E-state index contributed by atoms with van der Waals surface area (Å²) in [6, 6.07) is 6.53. The van der Waals surface area contributed by atoms with Gasteiger partial charge >= 0.3 is 0 Å². The summed E-state index contributed by atoms with van der Waals surface area (Å²) in [7, 11) is 0. The van der Waals surface area contributed by atoms with Gasteiger partial charge in [0, 0.05) is 16.8 Å². The Hall–Kier alpha value is -1.94. The minimum absolute atomic E-state index is 0.110. The second-order valence-corrected chi connectivity index (χ2v) is 4.52. The second-order valence-electron chi connectivity index (χ2n) is 4.11. The van der Waals surface area contributed by atoms with Crippen LogP contribution in [0, 0.1) is 18.6 Å². The van der Waals surface area contributed by atoms with Gasteiger partial charge in [-0.15, -0.1) is 0 Å². The number of rotatable bonds is 2. The summed E-state index contributed by atoms with van der Waals surface area (Å²) in [4.78, 5) is 12.3. The van der Waals surface area contributed by atoms with E-state index in [1.165, 1.54) is 0 Å². The fourth-order valence-electron chi connectivity index (χ4n) is 1.83. The van der Waals surface area contributed by atoms with Gasteiger partial charge in [-0.25, -0.2) is 8.78 Å². The van der Waals surface area contributed by atoms with Crippen LogP contribution in [-0.4, -0.2) is 5.78 Å². The van der Waals surface area contributed by atoms with Gasteiger partial charge in [0.25, 0.3) is 0 Å². The fraction of sp³-hybridized carbons (Fsp3) is 0.0714. The summed E-state index contributed by atoms with van der Waals surface area (Å²) in [5, 5.41) is -0.147. The lowest BCUT2D eigenvalue weighted by molar-refractivity contribution is 0.103. The van der Waals surface area contributed by atoms with Gasteiger partial charge in [-0.2, -0.15) is 0 Å². The van der Waals surface area contributed by atoms with Crippen LogP contribution < -0.4 is 5.73 Å². The molecule has 0 atom stereocenters. The number of hydrogen-bond acceptors (Lipinski definition) is 2. The number of aryl methyl sites for hydroxylation is 1. The van der Waals surface area contributed by atoms with E-state index in [-0.39, 0.29) is 21.8 Å². The highest BCUT2D eigenvalue weighted by Gasteiger charge is 2.19. The van der Waals surface area contributed by atoms with E-state index < -0.39 is 17.4 Å². The molecule has 2 rings (SSSR count). The van der Waals surface area contributed by atoms with E-state index in [4.69, 9.17) is 17.3 Å². The Labute approximate surface area is 113 Å². The van der Waals surface area contributed by atoms with Gasteiger partial charge in [0.05, 0.1) is 5.02 Å². The van der Waals surface area contributed by atoms with E-state index in [1.807, 2.05) is 0 Å². The molecular weight excluding hydrogens is 272 g/mol. The van der Waals surface area contributed by atoms with Gasteiger partial charge in [0.2, 0.25) is 0 Å². The summed E-state index contributed by atoms with van der Waals surface area (Å²) in [5.74, 6) is -2.75. The molecule has 2 aromatic rings. The van der Waals surface area contributed by atoms with Gasteiger partial charge in [0.1, 0.15) is 0 Å². The molecule has 0 amide bonds. The molecule has 0 aliphatic heterocycles. The number of carbonyl (C=O) groups is 1. The zero-order valence-corrected chi connectivity index (χ0v) is 10.8. The van der Waals surface area contributed by atoms with Crippen molar-refractivity contribution in [1.82, 2.24) is 0 Å². The van der Waals surface area contributed by atoms with E-state index in [0.29, 0.717) is 5.56 Å². The van der Waals surface area contributed by atoms with Crippen molar-refractivity contribution in [3.05, 3.63) is 63.7 Å². The molecule has 0 spiro atoms. The summed E-state index contributed by atoms with van der Waals surface area (Å²) in [6.45, 7) is 1.71. The highest BCUT2D eigenvalue weighted by Crippen LogP contribution is 2.26. The number of halogens is 3. The minimum Gasteiger partial charge on any atom is -0.398 e. The molecule has 0 aliphatic carbocycles. The molecule has 0 bridgehead atoms. The number of ketones is 1. The lowest BCUT2D eigenvalue weighted by Gasteiger charge is -2.10. The molecule has 0 fully saturated rings. The number of carbonyl (C=O) groups excluding carboxylic acids is 1. The normalized spacial score (nSPS) is 10.5. The van der Waals surface area contributed by atoms with Crippen molar-refractivity contribution >= 4 is 23.1 Å². The Balaban J connectivity index is 2.60. The van der Waals surface area contributed by atoms with Crippen molar-refractivity contribution in [3.63, 3.8) is 0 Å². The van der Waals surface area contributed by atoms with Crippen LogP contribution in [0.3, 0.4) is 0 Å². The Morgan fingerprint density at radius 2 is 1.84 bits per heavy atom. The number of nitrogen functional groups attached to an aromatic ring is 1. The molecule has 0 saturated carbocycles. The predicted molar refractivity (Wildman–Crippen MR) is 70.4 cm³/mol. The second kappa shape index (κ2) is 4.97. The van der Waals surface area contributed by atoms with E-state index in [0.717, 1.165) is 12.1 Å². The molecule has 0 saturated heterocycles. The molecule has 19 heavy (non-hydrogen) atoms. The van der Waals surface area contributed by atoms with Crippen molar-refractivity contribution in [2.45, 2.75) is 6.92 Å².